The van der Waals surface area contributed by atoms with Crippen LogP contribution in [-0.2, 0) is 29.2 Å². The van der Waals surface area contributed by atoms with Gasteiger partial charge in [-0.15, -0.1) is 0 Å². The van der Waals surface area contributed by atoms with E-state index >= 15 is 0 Å². The van der Waals surface area contributed by atoms with Crippen LogP contribution in [0.1, 0.15) is 79.0 Å². The van der Waals surface area contributed by atoms with E-state index in [-0.39, 0.29) is 44.2 Å². The normalized spacial score (nSPS) is 12.2. The van der Waals surface area contributed by atoms with Crippen LogP contribution >= 0.6 is 0 Å². The maximum absolute atomic E-state index is 11.6. The third-order valence-corrected chi connectivity index (χ3v) is 5.17. The third-order valence-electron chi connectivity index (χ3n) is 4.10. The van der Waals surface area contributed by atoms with Gasteiger partial charge in [-0.2, -0.15) is 8.42 Å². The van der Waals surface area contributed by atoms with Crippen molar-refractivity contribution in [1.82, 2.24) is 0 Å². The van der Waals surface area contributed by atoms with Crippen molar-refractivity contribution < 1.29 is 68.1 Å². The summed E-state index contributed by atoms with van der Waals surface area (Å²) in [6.45, 7) is 2.63. The molecule has 0 radical (unpaired) electrons. The Kier molecular flexibility index (Phi) is 20.2. The van der Waals surface area contributed by atoms with Gasteiger partial charge in [0.05, 0.1) is 13.0 Å². The molecule has 10 heteroatoms. The van der Waals surface area contributed by atoms with E-state index in [1.807, 2.05) is 0 Å². The first-order valence-electron chi connectivity index (χ1n) is 9.71. The Hall–Kier alpha value is -0.190. The molecular weight excluding hydrogens is 399 g/mol. The molecule has 0 saturated heterocycles. The van der Waals surface area contributed by atoms with Crippen LogP contribution in [0.15, 0.2) is 0 Å². The Morgan fingerprint density at radius 3 is 1.86 bits per heavy atom. The second-order valence-electron chi connectivity index (χ2n) is 6.56. The summed E-state index contributed by atoms with van der Waals surface area (Å²) in [7, 11) is -4.82. The van der Waals surface area contributed by atoms with Crippen molar-refractivity contribution in [2.24, 2.45) is 0 Å². The molecule has 0 saturated carbocycles. The summed E-state index contributed by atoms with van der Waals surface area (Å²) in [6.07, 6.45) is 11.1. The van der Waals surface area contributed by atoms with Gasteiger partial charge < -0.3 is 16.0 Å². The second kappa shape index (κ2) is 18.8. The zero-order valence-electron chi connectivity index (χ0n) is 18.2. The zero-order valence-corrected chi connectivity index (χ0v) is 20.0. The van der Waals surface area contributed by atoms with Gasteiger partial charge in [0.25, 0.3) is 10.1 Å². The molecule has 1 unspecified atom stereocenters. The summed E-state index contributed by atoms with van der Waals surface area (Å²) in [6, 6.07) is 0. The summed E-state index contributed by atoms with van der Waals surface area (Å²) >= 11 is 0. The van der Waals surface area contributed by atoms with E-state index < -0.39 is 33.7 Å². The summed E-state index contributed by atoms with van der Waals surface area (Å²) < 4.78 is 40.9. The number of carbonyl (C=O) groups excluding carboxylic acids is 1. The molecule has 0 aliphatic rings. The Labute approximate surface area is 192 Å². The van der Waals surface area contributed by atoms with Crippen LogP contribution in [0.4, 0.5) is 0 Å². The third kappa shape index (κ3) is 17.9. The predicted molar refractivity (Wildman–Crippen MR) is 102 cm³/mol. The number of hydrogen-bond donors (Lipinski definition) is 2. The summed E-state index contributed by atoms with van der Waals surface area (Å²) in [4.78, 5) is 22.1. The van der Waals surface area contributed by atoms with Crippen molar-refractivity contribution in [2.75, 3.05) is 19.8 Å². The van der Waals surface area contributed by atoms with E-state index in [0.717, 1.165) is 19.3 Å². The van der Waals surface area contributed by atoms with E-state index in [9.17, 15) is 18.0 Å². The molecule has 0 aromatic rings. The second-order valence-corrected chi connectivity index (χ2v) is 8.16. The number of esters is 1. The average molecular weight is 435 g/mol. The van der Waals surface area contributed by atoms with Gasteiger partial charge in [0, 0.05) is 6.61 Å². The van der Waals surface area contributed by atoms with E-state index in [2.05, 4.69) is 11.7 Å². The average Bonchev–Trinajstić information content (AvgIpc) is 2.58. The zero-order chi connectivity index (χ0) is 20.5. The molecule has 0 aromatic heterocycles. The van der Waals surface area contributed by atoms with Crippen LogP contribution in [0.5, 0.6) is 0 Å². The minimum atomic E-state index is -4.82. The number of unbranched alkanes of at least 4 members (excludes halogenated alkanes) is 9. The number of carboxylic acids is 1. The van der Waals surface area contributed by atoms with E-state index in [4.69, 9.17) is 14.4 Å². The first kappa shape index (κ1) is 30.0. The Morgan fingerprint density at radius 2 is 1.39 bits per heavy atom. The fraction of sp³-hybridized carbons (Fsp3) is 0.889. The number of carboxylic acid groups (broad SMARTS) is 1. The molecule has 0 amide bonds. The molecule has 0 aliphatic carbocycles. The van der Waals surface area contributed by atoms with Gasteiger partial charge >= 0.3 is 41.5 Å². The summed E-state index contributed by atoms with van der Waals surface area (Å²) in [5.41, 5.74) is 0. The van der Waals surface area contributed by atoms with Crippen LogP contribution in [0.2, 0.25) is 0 Å². The maximum atomic E-state index is 11.6. The van der Waals surface area contributed by atoms with Crippen molar-refractivity contribution in [3.8, 4) is 0 Å². The molecule has 0 fully saturated rings. The fourth-order valence-electron chi connectivity index (χ4n) is 2.56. The molecular formula is C18H35NaO8S. The number of ether oxygens (including phenoxy) is 2. The molecule has 0 heterocycles. The topological polar surface area (TPSA) is 127 Å². The molecule has 162 valence electrons. The summed E-state index contributed by atoms with van der Waals surface area (Å²) in [5.74, 6) is -2.81. The first-order valence-corrected chi connectivity index (χ1v) is 11.2. The van der Waals surface area contributed by atoms with E-state index in [1.54, 1.807) is 0 Å². The molecule has 0 aromatic carbocycles. The van der Waals surface area contributed by atoms with Crippen LogP contribution in [0.3, 0.4) is 0 Å². The minimum absolute atomic E-state index is 0. The van der Waals surface area contributed by atoms with Crippen molar-refractivity contribution in [3.63, 3.8) is 0 Å². The Bertz CT molecular complexity index is 516. The molecule has 0 spiro atoms. The minimum Gasteiger partial charge on any atom is -1.00 e. The van der Waals surface area contributed by atoms with Crippen molar-refractivity contribution in [1.29, 1.82) is 0 Å². The Morgan fingerprint density at radius 1 is 0.893 bits per heavy atom. The van der Waals surface area contributed by atoms with Gasteiger partial charge in [-0.25, -0.2) is 0 Å². The predicted octanol–water partition coefficient (Wildman–Crippen LogP) is 0.315. The van der Waals surface area contributed by atoms with Crippen LogP contribution in [-0.4, -0.2) is 55.1 Å². The van der Waals surface area contributed by atoms with Gasteiger partial charge in [-0.3, -0.25) is 14.1 Å². The van der Waals surface area contributed by atoms with E-state index in [0.29, 0.717) is 6.61 Å². The SMILES string of the molecule is CCCCCCCCCCCCOCCOC(=O)C(CC(=O)O)S(=O)(=O)O.[H-].[Na+]. The number of aliphatic carboxylic acids is 1. The molecule has 0 rings (SSSR count). The molecule has 0 bridgehead atoms. The van der Waals surface area contributed by atoms with Gasteiger partial charge in [-0.1, -0.05) is 64.7 Å². The van der Waals surface area contributed by atoms with E-state index in [1.165, 1.54) is 44.9 Å². The molecule has 2 N–H and O–H groups in total. The van der Waals surface area contributed by atoms with Crippen molar-refractivity contribution in [2.45, 2.75) is 82.8 Å². The van der Waals surface area contributed by atoms with Gasteiger partial charge in [0.1, 0.15) is 6.61 Å². The molecule has 8 nitrogen and oxygen atoms in total. The van der Waals surface area contributed by atoms with Crippen molar-refractivity contribution in [3.05, 3.63) is 0 Å². The fourth-order valence-corrected chi connectivity index (χ4v) is 3.22. The molecule has 28 heavy (non-hydrogen) atoms. The Balaban J connectivity index is -0.00000338. The largest absolute Gasteiger partial charge is 1.00 e. The van der Waals surface area contributed by atoms with Gasteiger partial charge in [0.2, 0.25) is 0 Å². The van der Waals surface area contributed by atoms with Crippen LogP contribution < -0.4 is 29.6 Å². The quantitative estimate of drug-likeness (QED) is 0.137. The maximum Gasteiger partial charge on any atom is 1.00 e. The van der Waals surface area contributed by atoms with Crippen LogP contribution in [0.25, 0.3) is 0 Å². The van der Waals surface area contributed by atoms with Crippen LogP contribution in [0, 0.1) is 0 Å². The number of hydrogen-bond acceptors (Lipinski definition) is 6. The number of rotatable bonds is 18. The van der Waals surface area contributed by atoms with Gasteiger partial charge in [-0.05, 0) is 6.42 Å². The monoisotopic (exact) mass is 434 g/mol. The molecule has 0 aliphatic heterocycles. The van der Waals surface area contributed by atoms with Gasteiger partial charge in [0.15, 0.2) is 5.25 Å². The first-order chi connectivity index (χ1) is 12.8. The molecule has 1 atom stereocenters. The standard InChI is InChI=1S/C18H34O8S.Na.H/c1-2-3-4-5-6-7-8-9-10-11-12-25-13-14-26-18(21)16(15-17(19)20)27(22,23)24;;/h16H,2-15H2,1H3,(H,19,20)(H,22,23,24);;/q;+1;-1. The van der Waals surface area contributed by atoms with Crippen molar-refractivity contribution >= 4 is 22.1 Å². The summed E-state index contributed by atoms with van der Waals surface area (Å²) in [5, 5.41) is 6.47. The number of carbonyl (C=O) groups is 2. The smallest absolute Gasteiger partial charge is 1.00 e.